The first-order valence-corrected chi connectivity index (χ1v) is 10.3. The van der Waals surface area contributed by atoms with E-state index in [4.69, 9.17) is 21.1 Å². The van der Waals surface area contributed by atoms with Crippen LogP contribution in [0.3, 0.4) is 0 Å². The van der Waals surface area contributed by atoms with Crippen LogP contribution in [0.2, 0.25) is 5.02 Å². The van der Waals surface area contributed by atoms with Gasteiger partial charge in [0.1, 0.15) is 0 Å². The Morgan fingerprint density at radius 3 is 2.34 bits per heavy atom. The topological polar surface area (TPSA) is 63.2 Å². The van der Waals surface area contributed by atoms with Gasteiger partial charge in [0.2, 0.25) is 0 Å². The Kier molecular flexibility index (Phi) is 7.36. The summed E-state index contributed by atoms with van der Waals surface area (Å²) in [5.41, 5.74) is 4.87. The van der Waals surface area contributed by atoms with E-state index < -0.39 is 0 Å². The third kappa shape index (κ3) is 5.41. The molecule has 1 aliphatic rings. The fourth-order valence-corrected chi connectivity index (χ4v) is 3.41. The van der Waals surface area contributed by atoms with Crippen molar-refractivity contribution < 1.29 is 14.3 Å². The van der Waals surface area contributed by atoms with E-state index in [2.05, 4.69) is 15.4 Å². The number of carbonyl (C=O) groups excluding carboxylic acids is 1. The first kappa shape index (κ1) is 21.0. The average Bonchev–Trinajstić information content (AvgIpc) is 3.26. The molecule has 1 fully saturated rings. The van der Waals surface area contributed by atoms with E-state index in [0.717, 1.165) is 18.8 Å². The highest BCUT2D eigenvalue weighted by molar-refractivity contribution is 6.33. The van der Waals surface area contributed by atoms with Crippen LogP contribution in [0.25, 0.3) is 0 Å². The molecule has 0 radical (unpaired) electrons. The van der Waals surface area contributed by atoms with Gasteiger partial charge in [-0.15, -0.1) is 0 Å². The van der Waals surface area contributed by atoms with E-state index in [0.29, 0.717) is 40.9 Å². The van der Waals surface area contributed by atoms with Crippen molar-refractivity contribution in [1.82, 2.24) is 5.43 Å². The minimum atomic E-state index is -0.277. The van der Waals surface area contributed by atoms with Crippen LogP contribution in [-0.2, 0) is 0 Å². The summed E-state index contributed by atoms with van der Waals surface area (Å²) in [5.74, 6) is 0.893. The largest absolute Gasteiger partial charge is 0.490 e. The summed E-state index contributed by atoms with van der Waals surface area (Å²) in [4.78, 5) is 14.7. The molecule has 0 atom stereocenters. The molecule has 154 valence electrons. The molecule has 2 aromatic rings. The summed E-state index contributed by atoms with van der Waals surface area (Å²) in [7, 11) is 0. The zero-order chi connectivity index (χ0) is 20.6. The number of rotatable bonds is 8. The summed E-state index contributed by atoms with van der Waals surface area (Å²) < 4.78 is 11.1. The van der Waals surface area contributed by atoms with Crippen LogP contribution >= 0.6 is 11.6 Å². The number of hydrogen-bond acceptors (Lipinski definition) is 5. The van der Waals surface area contributed by atoms with Gasteiger partial charge in [-0.2, -0.15) is 5.10 Å². The molecule has 1 heterocycles. The highest BCUT2D eigenvalue weighted by atomic mass is 35.5. The maximum atomic E-state index is 12.3. The van der Waals surface area contributed by atoms with Crippen LogP contribution in [0.4, 0.5) is 5.69 Å². The minimum Gasteiger partial charge on any atom is -0.490 e. The molecule has 1 amide bonds. The van der Waals surface area contributed by atoms with Crippen molar-refractivity contribution in [2.45, 2.75) is 26.7 Å². The van der Waals surface area contributed by atoms with Gasteiger partial charge in [-0.25, -0.2) is 5.43 Å². The molecule has 0 unspecified atom stereocenters. The number of amides is 1. The Bertz CT molecular complexity index is 862. The van der Waals surface area contributed by atoms with Crippen molar-refractivity contribution in [1.29, 1.82) is 0 Å². The summed E-state index contributed by atoms with van der Waals surface area (Å²) in [5, 5.41) is 4.50. The Balaban J connectivity index is 1.65. The molecular formula is C22H26ClN3O3. The second-order valence-corrected chi connectivity index (χ2v) is 7.03. The summed E-state index contributed by atoms with van der Waals surface area (Å²) in [6.07, 6.45) is 3.93. The van der Waals surface area contributed by atoms with Gasteiger partial charge in [0.25, 0.3) is 5.91 Å². The molecular weight excluding hydrogens is 390 g/mol. The summed E-state index contributed by atoms with van der Waals surface area (Å²) >= 11 is 6.31. The predicted octanol–water partition coefficient (Wildman–Crippen LogP) is 4.50. The quantitative estimate of drug-likeness (QED) is 0.509. The standard InChI is InChI=1S/C22H26ClN3O3/c1-3-28-20-13-17(19(23)14-21(20)29-4-2)15-24-25-22(27)16-7-9-18(10-8-16)26-11-5-6-12-26/h7-10,13-15H,3-6,11-12H2,1-2H3,(H,25,27)/b24-15-. The molecule has 0 bridgehead atoms. The molecule has 0 saturated carbocycles. The molecule has 0 spiro atoms. The maximum Gasteiger partial charge on any atom is 0.271 e. The molecule has 2 aromatic carbocycles. The molecule has 7 heteroatoms. The lowest BCUT2D eigenvalue weighted by Gasteiger charge is -2.17. The number of nitrogens with zero attached hydrogens (tertiary/aromatic N) is 2. The van der Waals surface area contributed by atoms with E-state index in [-0.39, 0.29) is 5.91 Å². The molecule has 0 aromatic heterocycles. The monoisotopic (exact) mass is 415 g/mol. The SMILES string of the molecule is CCOc1cc(Cl)c(/C=N\NC(=O)c2ccc(N3CCCC3)cc2)cc1OCC. The van der Waals surface area contributed by atoms with Crippen LogP contribution < -0.4 is 19.8 Å². The Morgan fingerprint density at radius 1 is 1.10 bits per heavy atom. The van der Waals surface area contributed by atoms with Gasteiger partial charge >= 0.3 is 0 Å². The Morgan fingerprint density at radius 2 is 1.72 bits per heavy atom. The number of hydrogen-bond donors (Lipinski definition) is 1. The maximum absolute atomic E-state index is 12.3. The van der Waals surface area contributed by atoms with Crippen LogP contribution in [-0.4, -0.2) is 38.4 Å². The second-order valence-electron chi connectivity index (χ2n) is 6.63. The van der Waals surface area contributed by atoms with E-state index in [1.165, 1.54) is 19.1 Å². The lowest BCUT2D eigenvalue weighted by Crippen LogP contribution is -2.19. The molecule has 0 aliphatic carbocycles. The van der Waals surface area contributed by atoms with Gasteiger partial charge in [-0.3, -0.25) is 4.79 Å². The number of halogens is 1. The van der Waals surface area contributed by atoms with Gasteiger partial charge in [-0.1, -0.05) is 11.6 Å². The molecule has 1 saturated heterocycles. The van der Waals surface area contributed by atoms with Crippen molar-refractivity contribution in [3.05, 3.63) is 52.5 Å². The molecule has 29 heavy (non-hydrogen) atoms. The van der Waals surface area contributed by atoms with Crippen molar-refractivity contribution in [3.63, 3.8) is 0 Å². The van der Waals surface area contributed by atoms with E-state index >= 15 is 0 Å². The third-order valence-corrected chi connectivity index (χ3v) is 4.96. The molecule has 3 rings (SSSR count). The lowest BCUT2D eigenvalue weighted by atomic mass is 10.2. The first-order chi connectivity index (χ1) is 14.1. The van der Waals surface area contributed by atoms with Crippen LogP contribution in [0.1, 0.15) is 42.6 Å². The third-order valence-electron chi connectivity index (χ3n) is 4.63. The fraction of sp³-hybridized carbons (Fsp3) is 0.364. The molecule has 1 N–H and O–H groups in total. The van der Waals surface area contributed by atoms with Gasteiger partial charge < -0.3 is 14.4 Å². The normalized spacial score (nSPS) is 13.7. The van der Waals surface area contributed by atoms with Crippen molar-refractivity contribution in [2.75, 3.05) is 31.2 Å². The average molecular weight is 416 g/mol. The van der Waals surface area contributed by atoms with Crippen molar-refractivity contribution >= 4 is 29.4 Å². The number of nitrogens with one attached hydrogen (secondary N) is 1. The van der Waals surface area contributed by atoms with Crippen molar-refractivity contribution in [2.24, 2.45) is 5.10 Å². The number of benzene rings is 2. The van der Waals surface area contributed by atoms with Crippen LogP contribution in [0, 0.1) is 0 Å². The Labute approximate surface area is 176 Å². The van der Waals surface area contributed by atoms with E-state index in [1.54, 1.807) is 12.1 Å². The Hall–Kier alpha value is -2.73. The number of ether oxygens (including phenoxy) is 2. The zero-order valence-electron chi connectivity index (χ0n) is 16.8. The molecule has 6 nitrogen and oxygen atoms in total. The van der Waals surface area contributed by atoms with Gasteiger partial charge in [0, 0.05) is 36.0 Å². The smallest absolute Gasteiger partial charge is 0.271 e. The van der Waals surface area contributed by atoms with Gasteiger partial charge in [-0.05, 0) is 57.0 Å². The zero-order valence-corrected chi connectivity index (χ0v) is 17.5. The highest BCUT2D eigenvalue weighted by Gasteiger charge is 2.13. The van der Waals surface area contributed by atoms with Crippen molar-refractivity contribution in [3.8, 4) is 11.5 Å². The summed E-state index contributed by atoms with van der Waals surface area (Å²) in [6, 6.07) is 11.0. The highest BCUT2D eigenvalue weighted by Crippen LogP contribution is 2.33. The van der Waals surface area contributed by atoms with Gasteiger partial charge in [0.05, 0.1) is 24.5 Å². The summed E-state index contributed by atoms with van der Waals surface area (Å²) in [6.45, 7) is 6.95. The number of anilines is 1. The number of hydrazone groups is 1. The molecule has 1 aliphatic heterocycles. The van der Waals surface area contributed by atoms with Crippen LogP contribution in [0.15, 0.2) is 41.5 Å². The van der Waals surface area contributed by atoms with E-state index in [1.807, 2.05) is 38.1 Å². The minimum absolute atomic E-state index is 0.277. The second kappa shape index (κ2) is 10.2. The fourth-order valence-electron chi connectivity index (χ4n) is 3.21. The van der Waals surface area contributed by atoms with Gasteiger partial charge in [0.15, 0.2) is 11.5 Å². The van der Waals surface area contributed by atoms with Crippen LogP contribution in [0.5, 0.6) is 11.5 Å². The van der Waals surface area contributed by atoms with E-state index in [9.17, 15) is 4.79 Å². The lowest BCUT2D eigenvalue weighted by molar-refractivity contribution is 0.0955. The predicted molar refractivity (Wildman–Crippen MR) is 117 cm³/mol. The first-order valence-electron chi connectivity index (χ1n) is 9.90. The number of carbonyl (C=O) groups is 1.